The first-order valence-corrected chi connectivity index (χ1v) is 4.98. The highest BCUT2D eigenvalue weighted by Gasteiger charge is 2.47. The Morgan fingerprint density at radius 1 is 0.867 bits per heavy atom. The number of hydrogen-bond acceptors (Lipinski definition) is 6. The Labute approximate surface area is 89.5 Å². The molecular weight excluding hydrogens is 200 g/mol. The molecule has 0 saturated heterocycles. The first-order valence-electron chi connectivity index (χ1n) is 4.98. The first-order chi connectivity index (χ1) is 7.05. The Morgan fingerprint density at radius 2 is 1.33 bits per heavy atom. The molecular formula is C9H22N2O4. The quantitative estimate of drug-likeness (QED) is 0.266. The van der Waals surface area contributed by atoms with Gasteiger partial charge in [0.25, 0.3) is 0 Å². The van der Waals surface area contributed by atoms with E-state index in [-0.39, 0.29) is 0 Å². The molecule has 0 aliphatic rings. The zero-order valence-corrected chi connectivity index (χ0v) is 8.89. The summed E-state index contributed by atoms with van der Waals surface area (Å²) < 4.78 is 0. The molecule has 0 heterocycles. The summed E-state index contributed by atoms with van der Waals surface area (Å²) in [4.78, 5) is 0. The molecule has 0 unspecified atom stereocenters. The Kier molecular flexibility index (Phi) is 6.26. The Balaban J connectivity index is 4.87. The van der Waals surface area contributed by atoms with E-state index < -0.39 is 37.4 Å². The van der Waals surface area contributed by atoms with Crippen LogP contribution < -0.4 is 11.5 Å². The second kappa shape index (κ2) is 6.37. The van der Waals surface area contributed by atoms with E-state index in [1.807, 2.05) is 0 Å². The van der Waals surface area contributed by atoms with Gasteiger partial charge in [-0.05, 0) is 19.4 Å². The molecule has 15 heavy (non-hydrogen) atoms. The predicted octanol–water partition coefficient (Wildman–Crippen LogP) is -2.62. The van der Waals surface area contributed by atoms with Crippen molar-refractivity contribution < 1.29 is 20.4 Å². The minimum Gasteiger partial charge on any atom is -0.396 e. The second-order valence-electron chi connectivity index (χ2n) is 3.96. The van der Waals surface area contributed by atoms with Crippen LogP contribution in [-0.2, 0) is 0 Å². The summed E-state index contributed by atoms with van der Waals surface area (Å²) in [6.07, 6.45) is 0.911. The molecule has 0 saturated carbocycles. The van der Waals surface area contributed by atoms with Crippen LogP contribution in [0.25, 0.3) is 0 Å². The van der Waals surface area contributed by atoms with Crippen molar-refractivity contribution in [1.82, 2.24) is 0 Å². The fraction of sp³-hybridized carbons (Fsp3) is 1.00. The normalized spacial score (nSPS) is 13.2. The third kappa shape index (κ3) is 2.87. The van der Waals surface area contributed by atoms with Gasteiger partial charge in [0.2, 0.25) is 0 Å². The average molecular weight is 222 g/mol. The molecule has 0 aromatic heterocycles. The summed E-state index contributed by atoms with van der Waals surface area (Å²) in [7, 11) is 0. The highest BCUT2D eigenvalue weighted by atomic mass is 16.3. The van der Waals surface area contributed by atoms with E-state index in [9.17, 15) is 10.2 Å². The van der Waals surface area contributed by atoms with E-state index in [2.05, 4.69) is 0 Å². The molecule has 0 amide bonds. The molecule has 0 spiro atoms. The van der Waals surface area contributed by atoms with E-state index >= 15 is 0 Å². The second-order valence-corrected chi connectivity index (χ2v) is 3.96. The molecule has 0 rings (SSSR count). The van der Waals surface area contributed by atoms with Crippen molar-refractivity contribution in [2.45, 2.75) is 18.4 Å². The zero-order chi connectivity index (χ0) is 11.9. The third-order valence-corrected chi connectivity index (χ3v) is 3.09. The number of rotatable bonds is 8. The number of hydrogen-bond donors (Lipinski definition) is 6. The van der Waals surface area contributed by atoms with Crippen molar-refractivity contribution >= 4 is 0 Å². The Hall–Kier alpha value is -0.240. The van der Waals surface area contributed by atoms with Crippen molar-refractivity contribution in [3.8, 4) is 0 Å². The molecule has 0 aromatic carbocycles. The van der Waals surface area contributed by atoms with Crippen molar-refractivity contribution in [2.75, 3.05) is 33.0 Å². The lowest BCUT2D eigenvalue weighted by Gasteiger charge is -2.44. The molecule has 0 atom stereocenters. The van der Waals surface area contributed by atoms with E-state index in [1.54, 1.807) is 0 Å². The molecule has 0 radical (unpaired) electrons. The molecule has 8 N–H and O–H groups in total. The molecule has 0 aliphatic carbocycles. The SMILES string of the molecule is NCCCC(CO)(CO)C(N)(CO)CO. The van der Waals surface area contributed by atoms with Crippen LogP contribution in [-0.4, -0.2) is 58.9 Å². The van der Waals surface area contributed by atoms with E-state index in [4.69, 9.17) is 21.7 Å². The summed E-state index contributed by atoms with van der Waals surface area (Å²) in [6, 6.07) is 0. The molecule has 0 fully saturated rings. The Bertz CT molecular complexity index is 169. The Morgan fingerprint density at radius 3 is 1.60 bits per heavy atom. The molecule has 6 heteroatoms. The van der Waals surface area contributed by atoms with Gasteiger partial charge in [0.1, 0.15) is 0 Å². The number of nitrogens with two attached hydrogens (primary N) is 2. The maximum atomic E-state index is 9.30. The maximum absolute atomic E-state index is 9.30. The van der Waals surface area contributed by atoms with Crippen LogP contribution in [0.3, 0.4) is 0 Å². The van der Waals surface area contributed by atoms with Crippen LogP contribution >= 0.6 is 0 Å². The fourth-order valence-electron chi connectivity index (χ4n) is 1.60. The van der Waals surface area contributed by atoms with Gasteiger partial charge in [0.05, 0.1) is 32.0 Å². The van der Waals surface area contributed by atoms with E-state index in [0.29, 0.717) is 19.4 Å². The van der Waals surface area contributed by atoms with Gasteiger partial charge in [0.15, 0.2) is 0 Å². The predicted molar refractivity (Wildman–Crippen MR) is 56.0 cm³/mol. The summed E-state index contributed by atoms with van der Waals surface area (Å²) >= 11 is 0. The zero-order valence-electron chi connectivity index (χ0n) is 8.89. The average Bonchev–Trinajstić information content (AvgIpc) is 2.30. The third-order valence-electron chi connectivity index (χ3n) is 3.09. The van der Waals surface area contributed by atoms with Crippen LogP contribution in [0.1, 0.15) is 12.8 Å². The van der Waals surface area contributed by atoms with Gasteiger partial charge in [-0.25, -0.2) is 0 Å². The lowest BCUT2D eigenvalue weighted by Crippen LogP contribution is -2.64. The largest absolute Gasteiger partial charge is 0.396 e. The van der Waals surface area contributed by atoms with Gasteiger partial charge >= 0.3 is 0 Å². The summed E-state index contributed by atoms with van der Waals surface area (Å²) in [6.45, 7) is -1.42. The lowest BCUT2D eigenvalue weighted by molar-refractivity contribution is -0.0645. The molecule has 0 bridgehead atoms. The number of aliphatic hydroxyl groups is 4. The van der Waals surface area contributed by atoms with Gasteiger partial charge in [-0.3, -0.25) is 0 Å². The van der Waals surface area contributed by atoms with Gasteiger partial charge in [-0.2, -0.15) is 0 Å². The maximum Gasteiger partial charge on any atom is 0.0724 e. The van der Waals surface area contributed by atoms with Crippen LogP contribution in [0.2, 0.25) is 0 Å². The molecule has 92 valence electrons. The van der Waals surface area contributed by atoms with Crippen LogP contribution in [0, 0.1) is 5.41 Å². The van der Waals surface area contributed by atoms with Crippen molar-refractivity contribution in [2.24, 2.45) is 16.9 Å². The number of aliphatic hydroxyl groups excluding tert-OH is 4. The van der Waals surface area contributed by atoms with Crippen molar-refractivity contribution in [3.63, 3.8) is 0 Å². The van der Waals surface area contributed by atoms with Gasteiger partial charge < -0.3 is 31.9 Å². The van der Waals surface area contributed by atoms with Crippen molar-refractivity contribution in [3.05, 3.63) is 0 Å². The highest BCUT2D eigenvalue weighted by molar-refractivity contribution is 5.01. The molecule has 6 nitrogen and oxygen atoms in total. The molecule has 0 aromatic rings. The monoisotopic (exact) mass is 222 g/mol. The minimum atomic E-state index is -1.40. The topological polar surface area (TPSA) is 133 Å². The summed E-state index contributed by atoms with van der Waals surface area (Å²) in [5.41, 5.74) is 8.62. The fourth-order valence-corrected chi connectivity index (χ4v) is 1.60. The van der Waals surface area contributed by atoms with Gasteiger partial charge in [0, 0.05) is 5.41 Å². The van der Waals surface area contributed by atoms with Crippen LogP contribution in [0.4, 0.5) is 0 Å². The lowest BCUT2D eigenvalue weighted by atomic mass is 9.68. The van der Waals surface area contributed by atoms with Gasteiger partial charge in [-0.15, -0.1) is 0 Å². The van der Waals surface area contributed by atoms with E-state index in [1.165, 1.54) is 0 Å². The summed E-state index contributed by atoms with van der Waals surface area (Å²) in [5, 5.41) is 36.9. The highest BCUT2D eigenvalue weighted by Crippen LogP contribution is 2.33. The molecule has 0 aliphatic heterocycles. The standard InChI is InChI=1S/C9H22N2O4/c10-3-1-2-8(4-12,5-13)9(11,6-14)7-15/h12-15H,1-7,10-11H2. The van der Waals surface area contributed by atoms with E-state index in [0.717, 1.165) is 0 Å². The smallest absolute Gasteiger partial charge is 0.0724 e. The minimum absolute atomic E-state index is 0.355. The first kappa shape index (κ1) is 14.8. The van der Waals surface area contributed by atoms with Crippen molar-refractivity contribution in [1.29, 1.82) is 0 Å². The summed E-state index contributed by atoms with van der Waals surface area (Å²) in [5.74, 6) is 0. The van der Waals surface area contributed by atoms with Crippen LogP contribution in [0.5, 0.6) is 0 Å². The van der Waals surface area contributed by atoms with Gasteiger partial charge in [-0.1, -0.05) is 0 Å². The van der Waals surface area contributed by atoms with Crippen LogP contribution in [0.15, 0.2) is 0 Å².